The quantitative estimate of drug-likeness (QED) is 0.653. The lowest BCUT2D eigenvalue weighted by Gasteiger charge is -2.34. The Bertz CT molecular complexity index is 1210. The summed E-state index contributed by atoms with van der Waals surface area (Å²) in [5.41, 5.74) is 12.5. The first kappa shape index (κ1) is 19.5. The Morgan fingerprint density at radius 1 is 1.20 bits per heavy atom. The molecule has 2 aromatic heterocycles. The number of nitrogen functional groups attached to an aromatic ring is 1. The third kappa shape index (κ3) is 3.17. The van der Waals surface area contributed by atoms with E-state index in [1.54, 1.807) is 36.6 Å². The van der Waals surface area contributed by atoms with Crippen LogP contribution in [0.25, 0.3) is 17.1 Å². The molecule has 3 aromatic rings. The molecular weight excluding hydrogens is 395 g/mol. The first-order valence-corrected chi connectivity index (χ1v) is 12.8. The summed E-state index contributed by atoms with van der Waals surface area (Å²) in [6.07, 6.45) is 7.61. The van der Waals surface area contributed by atoms with Crippen LogP contribution in [-0.4, -0.2) is 51.6 Å². The van der Waals surface area contributed by atoms with Crippen LogP contribution in [-0.2, 0) is 16.5 Å². The highest BCUT2D eigenvalue weighted by Gasteiger charge is 2.49. The molecule has 0 unspecified atom stereocenters. The molecule has 1 aliphatic heterocycles. The Kier molecular flexibility index (Phi) is 4.21. The van der Waals surface area contributed by atoms with Crippen LogP contribution < -0.4 is 11.0 Å². The van der Waals surface area contributed by atoms with E-state index in [1.165, 1.54) is 29.5 Å². The molecule has 1 saturated carbocycles. The van der Waals surface area contributed by atoms with Crippen molar-refractivity contribution in [3.05, 3.63) is 47.4 Å². The van der Waals surface area contributed by atoms with Crippen LogP contribution in [0.5, 0.6) is 0 Å². The number of benzene rings is 1. The average molecular weight is 422 g/mol. The van der Waals surface area contributed by atoms with Gasteiger partial charge in [-0.1, -0.05) is 0 Å². The van der Waals surface area contributed by atoms with Gasteiger partial charge in [0, 0.05) is 35.6 Å². The maximum Gasteiger partial charge on any atom is 0.196 e. The van der Waals surface area contributed by atoms with E-state index in [4.69, 9.17) is 10.7 Å². The lowest BCUT2D eigenvalue weighted by molar-refractivity contribution is 0.270. The molecule has 0 bridgehead atoms. The van der Waals surface area contributed by atoms with Crippen LogP contribution in [0.2, 0.25) is 0 Å². The molecule has 1 aliphatic carbocycles. The summed E-state index contributed by atoms with van der Waals surface area (Å²) in [5.74, 6) is 0.750. The van der Waals surface area contributed by atoms with Crippen molar-refractivity contribution in [1.82, 2.24) is 24.6 Å². The molecule has 5 rings (SSSR count). The van der Waals surface area contributed by atoms with Gasteiger partial charge in [-0.3, -0.25) is 0 Å². The minimum atomic E-state index is -2.41. The maximum absolute atomic E-state index is 12.4. The van der Waals surface area contributed by atoms with Gasteiger partial charge in [-0.2, -0.15) is 5.10 Å². The lowest BCUT2D eigenvalue weighted by atomic mass is 9.82. The highest BCUT2D eigenvalue weighted by atomic mass is 31.2. The zero-order chi connectivity index (χ0) is 21.3. The summed E-state index contributed by atoms with van der Waals surface area (Å²) in [7, 11) is -0.216. The van der Waals surface area contributed by atoms with Gasteiger partial charge in [-0.05, 0) is 69.0 Å². The number of hydrogen-bond acceptors (Lipinski definition) is 6. The van der Waals surface area contributed by atoms with Gasteiger partial charge < -0.3 is 15.2 Å². The van der Waals surface area contributed by atoms with Gasteiger partial charge in [0.1, 0.15) is 7.14 Å². The number of aromatic nitrogens is 4. The Balaban J connectivity index is 1.58. The number of likely N-dealkylation sites (N-methyl/N-ethyl adjacent to an activating group) is 1. The molecular formula is C22H27N6OP. The highest BCUT2D eigenvalue weighted by Crippen LogP contribution is 2.53. The predicted octanol–water partition coefficient (Wildman–Crippen LogP) is 2.94. The van der Waals surface area contributed by atoms with E-state index in [-0.39, 0.29) is 0 Å². The molecule has 7 nitrogen and oxygen atoms in total. The summed E-state index contributed by atoms with van der Waals surface area (Å²) < 4.78 is 13.9. The molecule has 2 N–H and O–H groups in total. The summed E-state index contributed by atoms with van der Waals surface area (Å²) >= 11 is 0. The van der Waals surface area contributed by atoms with E-state index >= 15 is 0 Å². The number of hydrogen-bond donors (Lipinski definition) is 1. The van der Waals surface area contributed by atoms with Crippen LogP contribution in [0.4, 0.5) is 5.82 Å². The van der Waals surface area contributed by atoms with E-state index in [2.05, 4.69) is 41.1 Å². The normalized spacial score (nSPS) is 17.9. The van der Waals surface area contributed by atoms with Crippen LogP contribution in [0.1, 0.15) is 29.5 Å². The van der Waals surface area contributed by atoms with Crippen molar-refractivity contribution in [2.75, 3.05) is 32.7 Å². The number of nitrogens with zero attached hydrogens (tertiary/aromatic N) is 5. The van der Waals surface area contributed by atoms with Gasteiger partial charge in [0.25, 0.3) is 0 Å². The van der Waals surface area contributed by atoms with E-state index < -0.39 is 7.14 Å². The maximum atomic E-state index is 12.4. The van der Waals surface area contributed by atoms with Gasteiger partial charge in [0.15, 0.2) is 11.6 Å². The number of fused-ring (bicyclic) bond motifs is 2. The van der Waals surface area contributed by atoms with Crippen molar-refractivity contribution in [3.63, 3.8) is 0 Å². The molecule has 1 spiro atoms. The first-order chi connectivity index (χ1) is 14.2. The van der Waals surface area contributed by atoms with Crippen LogP contribution in [0.15, 0.2) is 30.7 Å². The van der Waals surface area contributed by atoms with Gasteiger partial charge >= 0.3 is 0 Å². The number of rotatable bonds is 3. The van der Waals surface area contributed by atoms with E-state index in [0.29, 0.717) is 22.4 Å². The van der Waals surface area contributed by atoms with Crippen molar-refractivity contribution in [2.24, 2.45) is 0 Å². The fourth-order valence-corrected chi connectivity index (χ4v) is 5.51. The monoisotopic (exact) mass is 422 g/mol. The van der Waals surface area contributed by atoms with E-state index in [1.807, 2.05) is 0 Å². The molecule has 0 amide bonds. The van der Waals surface area contributed by atoms with Gasteiger partial charge in [0.2, 0.25) is 0 Å². The fraction of sp³-hybridized carbons (Fsp3) is 0.409. The van der Waals surface area contributed by atoms with Crippen LogP contribution >= 0.6 is 7.14 Å². The third-order valence-electron chi connectivity index (χ3n) is 6.30. The van der Waals surface area contributed by atoms with Gasteiger partial charge in [-0.25, -0.2) is 14.6 Å². The summed E-state index contributed by atoms with van der Waals surface area (Å²) in [6.45, 7) is 7.75. The first-order valence-electron chi connectivity index (χ1n) is 10.2. The second kappa shape index (κ2) is 6.50. The molecule has 1 aromatic carbocycles. The number of nitrogens with two attached hydrogens (primary N) is 1. The zero-order valence-corrected chi connectivity index (χ0v) is 18.8. The van der Waals surface area contributed by atoms with E-state index in [9.17, 15) is 4.57 Å². The molecule has 1 fully saturated rings. The van der Waals surface area contributed by atoms with Gasteiger partial charge in [0.05, 0.1) is 18.1 Å². The summed E-state index contributed by atoms with van der Waals surface area (Å²) in [5, 5.41) is 5.02. The number of aryl methyl sites for hydroxylation is 1. The predicted molar refractivity (Wildman–Crippen MR) is 120 cm³/mol. The molecule has 0 radical (unpaired) electrons. The van der Waals surface area contributed by atoms with Crippen molar-refractivity contribution < 1.29 is 4.57 Å². The molecule has 8 heteroatoms. The van der Waals surface area contributed by atoms with Crippen LogP contribution in [0.3, 0.4) is 0 Å². The van der Waals surface area contributed by atoms with Crippen molar-refractivity contribution in [3.8, 4) is 17.1 Å². The molecule has 3 heterocycles. The van der Waals surface area contributed by atoms with Crippen molar-refractivity contribution in [2.45, 2.75) is 31.7 Å². The molecule has 0 atom stereocenters. The van der Waals surface area contributed by atoms with Gasteiger partial charge in [-0.15, -0.1) is 0 Å². The lowest BCUT2D eigenvalue weighted by Crippen LogP contribution is -2.35. The van der Waals surface area contributed by atoms with Crippen molar-refractivity contribution >= 4 is 18.3 Å². The Labute approximate surface area is 176 Å². The smallest absolute Gasteiger partial charge is 0.196 e. The summed E-state index contributed by atoms with van der Waals surface area (Å²) in [4.78, 5) is 11.6. The number of anilines is 1. The molecule has 0 saturated heterocycles. The molecule has 30 heavy (non-hydrogen) atoms. The highest BCUT2D eigenvalue weighted by molar-refractivity contribution is 7.70. The Morgan fingerprint density at radius 3 is 2.63 bits per heavy atom. The second-order valence-electron chi connectivity index (χ2n) is 9.24. The molecule has 2 aliphatic rings. The third-order valence-corrected chi connectivity index (χ3v) is 7.77. The fourth-order valence-electron chi connectivity index (χ4n) is 4.80. The summed E-state index contributed by atoms with van der Waals surface area (Å²) in [6, 6.07) is 4.47. The largest absolute Gasteiger partial charge is 0.381 e. The minimum absolute atomic E-state index is 0.293. The minimum Gasteiger partial charge on any atom is -0.381 e. The SMILES string of the molecule is Cc1cc(-c2cnc(N)c(-n3cc(P(C)(C)=O)cn3)n2)cc2c1C1(CC1)CN(C)C2. The topological polar surface area (TPSA) is 89.9 Å². The van der Waals surface area contributed by atoms with E-state index in [0.717, 1.165) is 24.3 Å². The molecule has 156 valence electrons. The standard InChI is InChI=1S/C22H27N6OP/c1-14-7-15(8-16-11-27(2)13-22(5-6-22)19(14)16)18-10-24-20(23)21(26-18)28-12-17(9-25-28)30(3,4)29/h7-10,12H,5-6,11,13H2,1-4H3,(H2,23,24). The zero-order valence-electron chi connectivity index (χ0n) is 17.9. The van der Waals surface area contributed by atoms with Crippen LogP contribution in [0, 0.1) is 6.92 Å². The Hall–Kier alpha value is -2.50. The average Bonchev–Trinajstić information content (AvgIpc) is 3.22. The Morgan fingerprint density at radius 2 is 1.97 bits per heavy atom. The van der Waals surface area contributed by atoms with Crippen molar-refractivity contribution in [1.29, 1.82) is 0 Å². The second-order valence-corrected chi connectivity index (χ2v) is 12.5.